The number of rotatable bonds is 4. The van der Waals surface area contributed by atoms with Crippen molar-refractivity contribution >= 4 is 25.0 Å². The normalized spacial score (nSPS) is 21.8. The second-order valence-electron chi connectivity index (χ2n) is 5.61. The van der Waals surface area contributed by atoms with E-state index in [0.717, 1.165) is 5.56 Å². The van der Waals surface area contributed by atoms with Gasteiger partial charge in [-0.05, 0) is 0 Å². The Balaban J connectivity index is 1.75. The third-order valence-corrected chi connectivity index (χ3v) is 13.2. The first-order valence-corrected chi connectivity index (χ1v) is 14.2. The van der Waals surface area contributed by atoms with Crippen LogP contribution in [-0.4, -0.2) is 36.1 Å². The van der Waals surface area contributed by atoms with Crippen LogP contribution >= 0.6 is 0 Å². The molecule has 3 rings (SSSR count). The van der Waals surface area contributed by atoms with Crippen LogP contribution < -0.4 is 0 Å². The zero-order valence-corrected chi connectivity index (χ0v) is 15.4. The molecule has 2 unspecified atom stereocenters. The molecule has 1 aliphatic heterocycles. The van der Waals surface area contributed by atoms with Crippen LogP contribution in [0.1, 0.15) is 21.2 Å². The summed E-state index contributed by atoms with van der Waals surface area (Å²) in [6.45, 7) is 0.578. The van der Waals surface area contributed by atoms with Gasteiger partial charge in [0.25, 0.3) is 0 Å². The van der Waals surface area contributed by atoms with Crippen molar-refractivity contribution in [2.45, 2.75) is 27.5 Å². The van der Waals surface area contributed by atoms with Gasteiger partial charge in [0.1, 0.15) is 0 Å². The summed E-state index contributed by atoms with van der Waals surface area (Å²) in [7, 11) is 0. The van der Waals surface area contributed by atoms with Crippen LogP contribution in [0.5, 0.6) is 0 Å². The Labute approximate surface area is 132 Å². The molecule has 106 valence electrons. The first-order valence-electron chi connectivity index (χ1n) is 7.34. The number of ether oxygens (including phenoxy) is 1. The molecule has 1 saturated heterocycles. The van der Waals surface area contributed by atoms with Gasteiger partial charge in [0.2, 0.25) is 0 Å². The molecule has 2 heterocycles. The molecule has 2 aromatic rings. The van der Waals surface area contributed by atoms with Crippen LogP contribution in [0.4, 0.5) is 0 Å². The molecule has 0 radical (unpaired) electrons. The van der Waals surface area contributed by atoms with E-state index >= 15 is 0 Å². The summed E-state index contributed by atoms with van der Waals surface area (Å²) in [5, 5.41) is 0. The summed E-state index contributed by atoms with van der Waals surface area (Å²) in [5.41, 5.74) is 2.34. The molecule has 0 bridgehead atoms. The van der Waals surface area contributed by atoms with E-state index in [1.54, 1.807) is 6.20 Å². The fraction of sp³-hybridized carbons (Fsp3) is 0.294. The SMILES string of the molecule is [CH3][In]1[C](=O)CC(OCc2ccccc2)[CH]1c1cccnc1. The molecule has 1 aliphatic rings. The molecule has 4 heteroatoms. The summed E-state index contributed by atoms with van der Waals surface area (Å²) < 4.78 is 9.11. The molecular formula is C17H18InNO2. The second-order valence-corrected chi connectivity index (χ2v) is 14.0. The van der Waals surface area contributed by atoms with Crippen LogP contribution in [0, 0.1) is 0 Å². The molecule has 0 saturated carbocycles. The van der Waals surface area contributed by atoms with E-state index in [2.05, 4.69) is 27.9 Å². The standard InChI is InChI=1S/C16H15NO2.CH3.In/c18-10-8-16(11-15-7-4-9-17-12-15)19-13-14-5-2-1-3-6-14;;/h1-7,9,11-12,16H,8,13H2;1H3;. The molecule has 1 aromatic carbocycles. The van der Waals surface area contributed by atoms with Crippen molar-refractivity contribution in [1.82, 2.24) is 4.98 Å². The van der Waals surface area contributed by atoms with Crippen molar-refractivity contribution in [3.63, 3.8) is 0 Å². The van der Waals surface area contributed by atoms with Gasteiger partial charge in [-0.15, -0.1) is 0 Å². The van der Waals surface area contributed by atoms with Gasteiger partial charge in [0.15, 0.2) is 0 Å². The molecular weight excluding hydrogens is 365 g/mol. The molecule has 21 heavy (non-hydrogen) atoms. The van der Waals surface area contributed by atoms with Gasteiger partial charge in [0, 0.05) is 0 Å². The Morgan fingerprint density at radius 3 is 2.76 bits per heavy atom. The molecule has 3 nitrogen and oxygen atoms in total. The van der Waals surface area contributed by atoms with Crippen LogP contribution in [0.2, 0.25) is 4.68 Å². The summed E-state index contributed by atoms with van der Waals surface area (Å²) in [6, 6.07) is 14.2. The van der Waals surface area contributed by atoms with Gasteiger partial charge in [-0.2, -0.15) is 0 Å². The number of pyridine rings is 1. The number of benzene rings is 1. The average Bonchev–Trinajstić information content (AvgIpc) is 2.82. The van der Waals surface area contributed by atoms with E-state index in [9.17, 15) is 4.79 Å². The predicted octanol–water partition coefficient (Wildman–Crippen LogP) is 2.93. The molecule has 0 N–H and O–H groups in total. The second kappa shape index (κ2) is 6.75. The van der Waals surface area contributed by atoms with Crippen LogP contribution in [0.15, 0.2) is 54.9 Å². The number of carbonyl (C=O) groups excluding carboxylic acids is 1. The quantitative estimate of drug-likeness (QED) is 0.815. The first kappa shape index (κ1) is 14.8. The van der Waals surface area contributed by atoms with Gasteiger partial charge in [-0.3, -0.25) is 0 Å². The zero-order chi connectivity index (χ0) is 14.7. The molecule has 1 aromatic heterocycles. The average molecular weight is 383 g/mol. The van der Waals surface area contributed by atoms with E-state index in [1.807, 2.05) is 30.5 Å². The van der Waals surface area contributed by atoms with Crippen molar-refractivity contribution < 1.29 is 9.53 Å². The summed E-state index contributed by atoms with van der Waals surface area (Å²) in [5.74, 6) is 0. The van der Waals surface area contributed by atoms with E-state index in [4.69, 9.17) is 4.74 Å². The summed E-state index contributed by atoms with van der Waals surface area (Å²) in [6.07, 6.45) is 4.30. The number of carbonyl (C=O) groups is 1. The third kappa shape index (κ3) is 3.38. The molecule has 1 fully saturated rings. The maximum absolute atomic E-state index is 12.2. The Bertz CT molecular complexity index is 603. The molecule has 0 amide bonds. The summed E-state index contributed by atoms with van der Waals surface area (Å²) in [4.78, 5) is 16.4. The molecule has 0 spiro atoms. The van der Waals surface area contributed by atoms with Crippen molar-refractivity contribution in [3.8, 4) is 0 Å². The zero-order valence-electron chi connectivity index (χ0n) is 12.1. The fourth-order valence-corrected chi connectivity index (χ4v) is 10.7. The first-order chi connectivity index (χ1) is 10.3. The van der Waals surface area contributed by atoms with E-state index < -0.39 is 21.4 Å². The van der Waals surface area contributed by atoms with E-state index in [1.165, 1.54) is 5.56 Å². The Kier molecular flexibility index (Phi) is 4.76. The van der Waals surface area contributed by atoms with Crippen LogP contribution in [0.3, 0.4) is 0 Å². The van der Waals surface area contributed by atoms with Gasteiger partial charge < -0.3 is 0 Å². The topological polar surface area (TPSA) is 39.2 Å². The Hall–Kier alpha value is -1.13. The third-order valence-electron chi connectivity index (χ3n) is 4.23. The maximum atomic E-state index is 12.2. The number of hydrogen-bond acceptors (Lipinski definition) is 3. The van der Waals surface area contributed by atoms with Crippen molar-refractivity contribution in [3.05, 3.63) is 66.0 Å². The predicted molar refractivity (Wildman–Crippen MR) is 83.2 cm³/mol. The van der Waals surface area contributed by atoms with Crippen LogP contribution in [-0.2, 0) is 16.1 Å². The van der Waals surface area contributed by atoms with Crippen molar-refractivity contribution in [1.29, 1.82) is 0 Å². The molecule has 2 atom stereocenters. The summed E-state index contributed by atoms with van der Waals surface area (Å²) >= 11 is -2.22. The van der Waals surface area contributed by atoms with Gasteiger partial charge in [0.05, 0.1) is 0 Å². The number of nitrogens with zero attached hydrogens (tertiary/aromatic N) is 1. The fourth-order valence-electron chi connectivity index (χ4n) is 3.05. The minimum atomic E-state index is -2.22. The van der Waals surface area contributed by atoms with Gasteiger partial charge in [-0.1, -0.05) is 0 Å². The van der Waals surface area contributed by atoms with Gasteiger partial charge >= 0.3 is 133 Å². The number of hydrogen-bond donors (Lipinski definition) is 0. The van der Waals surface area contributed by atoms with Crippen molar-refractivity contribution in [2.24, 2.45) is 0 Å². The molecule has 0 aliphatic carbocycles. The Morgan fingerprint density at radius 2 is 2.05 bits per heavy atom. The monoisotopic (exact) mass is 383 g/mol. The van der Waals surface area contributed by atoms with Gasteiger partial charge in [-0.25, -0.2) is 0 Å². The van der Waals surface area contributed by atoms with Crippen molar-refractivity contribution in [2.75, 3.05) is 0 Å². The van der Waals surface area contributed by atoms with E-state index in [-0.39, 0.29) is 6.10 Å². The van der Waals surface area contributed by atoms with Crippen LogP contribution in [0.25, 0.3) is 0 Å². The van der Waals surface area contributed by atoms with E-state index in [0.29, 0.717) is 20.2 Å². The Morgan fingerprint density at radius 1 is 1.24 bits per heavy atom. The number of aromatic nitrogens is 1. The minimum absolute atomic E-state index is 0.0349.